The number of ether oxygens (including phenoxy) is 3. The number of likely N-dealkylation sites (tertiary alicyclic amines) is 1. The van der Waals surface area contributed by atoms with E-state index in [2.05, 4.69) is 27.2 Å². The van der Waals surface area contributed by atoms with E-state index in [-0.39, 0.29) is 24.2 Å². The molecule has 0 aliphatic carbocycles. The Hall–Kier alpha value is -1.71. The highest BCUT2D eigenvalue weighted by molar-refractivity contribution is 5.76. The van der Waals surface area contributed by atoms with Crippen LogP contribution in [0.2, 0.25) is 0 Å². The van der Waals surface area contributed by atoms with Crippen molar-refractivity contribution < 1.29 is 24.1 Å². The van der Waals surface area contributed by atoms with E-state index in [9.17, 15) is 9.90 Å². The molecule has 1 aromatic rings. The van der Waals surface area contributed by atoms with E-state index < -0.39 is 6.10 Å². The second-order valence-electron chi connectivity index (χ2n) is 9.51. The van der Waals surface area contributed by atoms with Crippen molar-refractivity contribution in [1.82, 2.24) is 15.1 Å². The molecule has 3 fully saturated rings. The molecule has 8 heteroatoms. The van der Waals surface area contributed by atoms with Crippen molar-refractivity contribution in [3.63, 3.8) is 0 Å². The van der Waals surface area contributed by atoms with Crippen molar-refractivity contribution in [1.29, 1.82) is 0 Å². The molecule has 3 heterocycles. The van der Waals surface area contributed by atoms with E-state index >= 15 is 0 Å². The van der Waals surface area contributed by atoms with Gasteiger partial charge in [0.15, 0.2) is 0 Å². The minimum absolute atomic E-state index is 0.0647. The molecule has 3 aliphatic rings. The number of carbonyl (C=O) groups excluding carboxylic acids is 1. The van der Waals surface area contributed by atoms with Crippen molar-refractivity contribution in [3.8, 4) is 5.75 Å². The zero-order valence-electron chi connectivity index (χ0n) is 19.8. The largest absolute Gasteiger partial charge is 0.497 e. The predicted octanol–water partition coefficient (Wildman–Crippen LogP) is 1.41. The van der Waals surface area contributed by atoms with Crippen molar-refractivity contribution in [3.05, 3.63) is 29.8 Å². The first-order valence-corrected chi connectivity index (χ1v) is 12.4. The smallest absolute Gasteiger partial charge is 0.222 e. The number of methoxy groups -OCH3 is 1. The first-order valence-electron chi connectivity index (χ1n) is 12.4. The van der Waals surface area contributed by atoms with E-state index in [1.165, 1.54) is 18.4 Å². The van der Waals surface area contributed by atoms with Crippen LogP contribution in [0.3, 0.4) is 0 Å². The van der Waals surface area contributed by atoms with Crippen LogP contribution in [-0.2, 0) is 20.8 Å². The highest BCUT2D eigenvalue weighted by atomic mass is 16.5. The number of nitrogens with zero attached hydrogens (tertiary/aromatic N) is 2. The summed E-state index contributed by atoms with van der Waals surface area (Å²) in [5.74, 6) is 0.898. The van der Waals surface area contributed by atoms with Gasteiger partial charge in [-0.25, -0.2) is 0 Å². The minimum atomic E-state index is -0.525. The van der Waals surface area contributed by atoms with E-state index in [1.807, 2.05) is 12.1 Å². The van der Waals surface area contributed by atoms with Crippen LogP contribution in [0.5, 0.6) is 5.75 Å². The summed E-state index contributed by atoms with van der Waals surface area (Å²) in [4.78, 5) is 17.2. The molecule has 4 atom stereocenters. The summed E-state index contributed by atoms with van der Waals surface area (Å²) in [6, 6.07) is 8.21. The summed E-state index contributed by atoms with van der Waals surface area (Å²) in [6.45, 7) is 5.93. The van der Waals surface area contributed by atoms with Gasteiger partial charge >= 0.3 is 0 Å². The number of aliphatic hydroxyl groups is 1. The quantitative estimate of drug-likeness (QED) is 0.606. The lowest BCUT2D eigenvalue weighted by molar-refractivity contribution is -0.158. The Morgan fingerprint density at radius 1 is 1.18 bits per heavy atom. The maximum atomic E-state index is 12.5. The normalized spacial score (nSPS) is 29.2. The first kappa shape index (κ1) is 24.4. The molecule has 1 aromatic carbocycles. The fourth-order valence-corrected chi connectivity index (χ4v) is 5.23. The molecule has 3 aliphatic heterocycles. The number of aliphatic hydroxyl groups excluding tert-OH is 1. The van der Waals surface area contributed by atoms with Crippen LogP contribution in [0.4, 0.5) is 0 Å². The molecule has 2 N–H and O–H groups in total. The molecule has 0 unspecified atom stereocenters. The Bertz CT molecular complexity index is 740. The topological polar surface area (TPSA) is 83.5 Å². The fourth-order valence-electron chi connectivity index (χ4n) is 5.23. The number of nitrogens with one attached hydrogen (secondary N) is 1. The molecule has 0 bridgehead atoms. The Morgan fingerprint density at radius 3 is 2.73 bits per heavy atom. The number of β-amino-alcohol motifs (C(OH)–C–C–N with tert-alkyl or cyclic N) is 1. The first-order chi connectivity index (χ1) is 16.1. The highest BCUT2D eigenvalue weighted by Gasteiger charge is 2.38. The highest BCUT2D eigenvalue weighted by Crippen LogP contribution is 2.29. The molecule has 0 radical (unpaired) electrons. The molecule has 33 heavy (non-hydrogen) atoms. The van der Waals surface area contributed by atoms with Gasteiger partial charge in [-0.05, 0) is 56.5 Å². The summed E-state index contributed by atoms with van der Waals surface area (Å²) in [7, 11) is 1.66. The van der Waals surface area contributed by atoms with E-state index in [1.54, 1.807) is 7.11 Å². The Morgan fingerprint density at radius 2 is 1.97 bits per heavy atom. The summed E-state index contributed by atoms with van der Waals surface area (Å²) >= 11 is 0. The number of benzene rings is 1. The van der Waals surface area contributed by atoms with Gasteiger partial charge in [0.25, 0.3) is 0 Å². The van der Waals surface area contributed by atoms with Crippen LogP contribution >= 0.6 is 0 Å². The SMILES string of the molecule is COc1ccc(CN2C[C@H](O)COC[C@H]3O[C@H](CC(=O)NCCN4CCCC4)CC[C@@H]32)cc1. The van der Waals surface area contributed by atoms with Crippen LogP contribution in [0.25, 0.3) is 0 Å². The molecule has 184 valence electrons. The number of hydrogen-bond acceptors (Lipinski definition) is 7. The standard InChI is InChI=1S/C25H39N3O5/c1-31-21-6-4-19(5-7-21)15-28-16-20(29)17-32-18-24-23(28)9-8-22(33-24)14-25(30)26-10-13-27-11-2-3-12-27/h4-7,20,22-24,29H,2-3,8-18H2,1H3,(H,26,30)/t20-,22-,23-,24+/m0/s1. The lowest BCUT2D eigenvalue weighted by atomic mass is 9.94. The second-order valence-corrected chi connectivity index (χ2v) is 9.51. The average Bonchev–Trinajstić information content (AvgIpc) is 3.32. The number of rotatable bonds is 8. The second kappa shape index (κ2) is 12.1. The van der Waals surface area contributed by atoms with Crippen LogP contribution in [-0.4, -0.2) is 98.2 Å². The zero-order chi connectivity index (χ0) is 23.0. The lowest BCUT2D eigenvalue weighted by Crippen LogP contribution is -2.55. The average molecular weight is 462 g/mol. The molecular formula is C25H39N3O5. The zero-order valence-corrected chi connectivity index (χ0v) is 19.8. The Kier molecular flexibility index (Phi) is 8.97. The number of hydrogen-bond donors (Lipinski definition) is 2. The molecule has 1 amide bonds. The Balaban J connectivity index is 1.30. The maximum Gasteiger partial charge on any atom is 0.222 e. The monoisotopic (exact) mass is 461 g/mol. The van der Waals surface area contributed by atoms with Gasteiger partial charge in [-0.3, -0.25) is 9.69 Å². The van der Waals surface area contributed by atoms with Gasteiger partial charge in [-0.15, -0.1) is 0 Å². The molecule has 8 nitrogen and oxygen atoms in total. The molecular weight excluding hydrogens is 422 g/mol. The number of amides is 1. The summed E-state index contributed by atoms with van der Waals surface area (Å²) in [6.07, 6.45) is 3.95. The lowest BCUT2D eigenvalue weighted by Gasteiger charge is -2.44. The van der Waals surface area contributed by atoms with Crippen molar-refractivity contribution in [2.45, 2.75) is 63.0 Å². The van der Waals surface area contributed by atoms with E-state index in [4.69, 9.17) is 14.2 Å². The van der Waals surface area contributed by atoms with E-state index in [0.29, 0.717) is 32.7 Å². The van der Waals surface area contributed by atoms with Crippen LogP contribution in [0, 0.1) is 0 Å². The van der Waals surface area contributed by atoms with Crippen LogP contribution < -0.4 is 10.1 Å². The molecule has 0 saturated carbocycles. The molecule has 4 rings (SSSR count). The van der Waals surface area contributed by atoms with Crippen molar-refractivity contribution >= 4 is 5.91 Å². The van der Waals surface area contributed by atoms with Gasteiger partial charge in [0.05, 0.1) is 45.1 Å². The van der Waals surface area contributed by atoms with Gasteiger partial charge in [-0.2, -0.15) is 0 Å². The third kappa shape index (κ3) is 7.13. The molecule has 3 saturated heterocycles. The molecule has 0 spiro atoms. The van der Waals surface area contributed by atoms with Gasteiger partial charge in [0, 0.05) is 32.2 Å². The Labute approximate surface area is 197 Å². The van der Waals surface area contributed by atoms with Crippen molar-refractivity contribution in [2.75, 3.05) is 53.0 Å². The van der Waals surface area contributed by atoms with Gasteiger partial charge in [0.2, 0.25) is 5.91 Å². The van der Waals surface area contributed by atoms with Crippen LogP contribution in [0.15, 0.2) is 24.3 Å². The predicted molar refractivity (Wildman–Crippen MR) is 125 cm³/mol. The summed E-state index contributed by atoms with van der Waals surface area (Å²) in [5.41, 5.74) is 1.17. The van der Waals surface area contributed by atoms with Crippen LogP contribution in [0.1, 0.15) is 37.7 Å². The third-order valence-electron chi connectivity index (χ3n) is 6.99. The van der Waals surface area contributed by atoms with E-state index in [0.717, 1.165) is 44.8 Å². The molecule has 0 aromatic heterocycles. The number of carbonyl (C=O) groups is 1. The maximum absolute atomic E-state index is 12.5. The van der Waals surface area contributed by atoms with Crippen molar-refractivity contribution in [2.24, 2.45) is 0 Å². The number of fused-ring (bicyclic) bond motifs is 1. The van der Waals surface area contributed by atoms with Gasteiger partial charge < -0.3 is 29.5 Å². The van der Waals surface area contributed by atoms with Gasteiger partial charge in [-0.1, -0.05) is 12.1 Å². The summed E-state index contributed by atoms with van der Waals surface area (Å²) in [5, 5.41) is 13.4. The van der Waals surface area contributed by atoms with Gasteiger partial charge in [0.1, 0.15) is 5.75 Å². The third-order valence-corrected chi connectivity index (χ3v) is 6.99. The summed E-state index contributed by atoms with van der Waals surface area (Å²) < 4.78 is 17.4. The minimum Gasteiger partial charge on any atom is -0.497 e. The fraction of sp³-hybridized carbons (Fsp3) is 0.720.